The van der Waals surface area contributed by atoms with Gasteiger partial charge < -0.3 is 9.47 Å². The molecule has 178 valence electrons. The van der Waals surface area contributed by atoms with E-state index in [1.807, 2.05) is 50.2 Å². The largest absolute Gasteiger partial charge is 0.483 e. The van der Waals surface area contributed by atoms with Crippen molar-refractivity contribution in [3.05, 3.63) is 52.5 Å². The van der Waals surface area contributed by atoms with Gasteiger partial charge in [-0.3, -0.25) is 14.6 Å². The van der Waals surface area contributed by atoms with E-state index in [0.717, 1.165) is 66.4 Å². The predicted octanol–water partition coefficient (Wildman–Crippen LogP) is 5.12. The van der Waals surface area contributed by atoms with Crippen LogP contribution in [0.15, 0.2) is 36.4 Å². The van der Waals surface area contributed by atoms with E-state index in [1.165, 1.54) is 11.3 Å². The van der Waals surface area contributed by atoms with E-state index >= 15 is 0 Å². The summed E-state index contributed by atoms with van der Waals surface area (Å²) in [4.78, 5) is 22.2. The summed E-state index contributed by atoms with van der Waals surface area (Å²) < 4.78 is 12.3. The molecule has 1 aromatic heterocycles. The van der Waals surface area contributed by atoms with E-state index in [0.29, 0.717) is 16.7 Å². The highest BCUT2D eigenvalue weighted by Gasteiger charge is 2.22. The molecule has 0 unspecified atom stereocenters. The number of hydrogen-bond acceptors (Lipinski definition) is 6. The van der Waals surface area contributed by atoms with Gasteiger partial charge in [0.25, 0.3) is 5.91 Å². The van der Waals surface area contributed by atoms with Gasteiger partial charge in [0.15, 0.2) is 11.7 Å². The normalized spacial score (nSPS) is 14.2. The van der Waals surface area contributed by atoms with Crippen LogP contribution in [-0.4, -0.2) is 61.8 Å². The van der Waals surface area contributed by atoms with E-state index in [9.17, 15) is 4.79 Å². The molecule has 1 saturated heterocycles. The van der Waals surface area contributed by atoms with Gasteiger partial charge in [-0.1, -0.05) is 41.1 Å². The smallest absolute Gasteiger partial charge is 0.266 e. The Balaban J connectivity index is 0.00000306. The first kappa shape index (κ1) is 25.7. The first-order chi connectivity index (χ1) is 15.5. The number of amides is 1. The van der Waals surface area contributed by atoms with Gasteiger partial charge in [-0.05, 0) is 49.6 Å². The summed E-state index contributed by atoms with van der Waals surface area (Å²) in [5.41, 5.74) is 2.79. The molecule has 0 saturated carbocycles. The molecule has 4 rings (SSSR count). The zero-order valence-corrected chi connectivity index (χ0v) is 21.3. The van der Waals surface area contributed by atoms with Crippen molar-refractivity contribution in [3.63, 3.8) is 0 Å². The second-order valence-corrected chi connectivity index (χ2v) is 9.34. The van der Waals surface area contributed by atoms with Crippen LogP contribution in [0.5, 0.6) is 5.75 Å². The summed E-state index contributed by atoms with van der Waals surface area (Å²) in [5, 5.41) is 1.37. The lowest BCUT2D eigenvalue weighted by Crippen LogP contribution is -2.40. The zero-order chi connectivity index (χ0) is 22.5. The lowest BCUT2D eigenvalue weighted by molar-refractivity contribution is -0.120. The standard InChI is InChI=1S/C24H28ClN3O3S.ClH/c1-17-6-3-4-7-20(17)31-16-22(29)28(11-5-10-27-12-14-30-15-13-27)24-26-23-18(2)19(25)8-9-21(23)32-24;/h3-4,6-9H,5,10-16H2,1-2H3;1H. The third-order valence-electron chi connectivity index (χ3n) is 5.67. The van der Waals surface area contributed by atoms with Crippen LogP contribution in [0.3, 0.4) is 0 Å². The Hall–Kier alpha value is -1.90. The Morgan fingerprint density at radius 3 is 2.73 bits per heavy atom. The van der Waals surface area contributed by atoms with E-state index in [2.05, 4.69) is 4.90 Å². The fraction of sp³-hybridized carbons (Fsp3) is 0.417. The lowest BCUT2D eigenvalue weighted by Gasteiger charge is -2.27. The number of hydrogen-bond donors (Lipinski definition) is 0. The van der Waals surface area contributed by atoms with Gasteiger partial charge in [0.2, 0.25) is 0 Å². The number of fused-ring (bicyclic) bond motifs is 1. The second kappa shape index (κ2) is 12.0. The number of carbonyl (C=O) groups is 1. The summed E-state index contributed by atoms with van der Waals surface area (Å²) >= 11 is 7.80. The number of benzene rings is 2. The molecule has 1 fully saturated rings. The molecule has 1 aliphatic heterocycles. The van der Waals surface area contributed by atoms with Crippen LogP contribution in [0.4, 0.5) is 5.13 Å². The highest BCUT2D eigenvalue weighted by atomic mass is 35.5. The monoisotopic (exact) mass is 509 g/mol. The topological polar surface area (TPSA) is 54.9 Å². The van der Waals surface area contributed by atoms with Crippen LogP contribution < -0.4 is 9.64 Å². The second-order valence-electron chi connectivity index (χ2n) is 7.92. The van der Waals surface area contributed by atoms with Gasteiger partial charge in [0.1, 0.15) is 5.75 Å². The third-order valence-corrected chi connectivity index (χ3v) is 7.13. The summed E-state index contributed by atoms with van der Waals surface area (Å²) in [5.74, 6) is 0.624. The van der Waals surface area contributed by atoms with Crippen molar-refractivity contribution in [1.29, 1.82) is 0 Å². The molecule has 9 heteroatoms. The minimum atomic E-state index is -0.0990. The number of para-hydroxylation sites is 1. The maximum absolute atomic E-state index is 13.2. The van der Waals surface area contributed by atoms with Gasteiger partial charge in [0.05, 0.1) is 23.4 Å². The van der Waals surface area contributed by atoms with Gasteiger partial charge in [0, 0.05) is 31.2 Å². The Morgan fingerprint density at radius 1 is 1.21 bits per heavy atom. The van der Waals surface area contributed by atoms with Gasteiger partial charge in [-0.25, -0.2) is 4.98 Å². The Bertz CT molecular complexity index is 1090. The highest BCUT2D eigenvalue weighted by Crippen LogP contribution is 2.33. The molecule has 2 heterocycles. The minimum Gasteiger partial charge on any atom is -0.483 e. The van der Waals surface area contributed by atoms with Crippen molar-refractivity contribution in [1.82, 2.24) is 9.88 Å². The minimum absolute atomic E-state index is 0. The average Bonchev–Trinajstić information content (AvgIpc) is 3.24. The molecule has 0 N–H and O–H groups in total. The number of anilines is 1. The van der Waals surface area contributed by atoms with E-state index in [4.69, 9.17) is 26.1 Å². The molecule has 0 spiro atoms. The molecule has 0 aliphatic carbocycles. The highest BCUT2D eigenvalue weighted by molar-refractivity contribution is 7.22. The number of nitrogens with zero attached hydrogens (tertiary/aromatic N) is 3. The SMILES string of the molecule is Cc1ccccc1OCC(=O)N(CCCN1CCOCC1)c1nc2c(C)c(Cl)ccc2s1.Cl. The third kappa shape index (κ3) is 6.37. The lowest BCUT2D eigenvalue weighted by atomic mass is 10.2. The molecule has 0 atom stereocenters. The molecule has 33 heavy (non-hydrogen) atoms. The van der Waals surface area contributed by atoms with Crippen LogP contribution in [0.1, 0.15) is 17.5 Å². The van der Waals surface area contributed by atoms with Crippen molar-refractivity contribution in [3.8, 4) is 5.75 Å². The quantitative estimate of drug-likeness (QED) is 0.421. The molecule has 6 nitrogen and oxygen atoms in total. The van der Waals surface area contributed by atoms with Crippen LogP contribution in [0.2, 0.25) is 5.02 Å². The molecule has 2 aromatic carbocycles. The summed E-state index contributed by atoms with van der Waals surface area (Å²) in [7, 11) is 0. The maximum Gasteiger partial charge on any atom is 0.266 e. The van der Waals surface area contributed by atoms with Gasteiger partial charge in [-0.2, -0.15) is 0 Å². The number of morpholine rings is 1. The van der Waals surface area contributed by atoms with E-state index < -0.39 is 0 Å². The molecular weight excluding hydrogens is 481 g/mol. The zero-order valence-electron chi connectivity index (χ0n) is 18.9. The Labute approximate surface area is 209 Å². The molecule has 1 aliphatic rings. The van der Waals surface area contributed by atoms with Crippen LogP contribution in [0.25, 0.3) is 10.2 Å². The van der Waals surface area contributed by atoms with Crippen molar-refractivity contribution in [2.24, 2.45) is 0 Å². The maximum atomic E-state index is 13.2. The molecule has 0 radical (unpaired) electrons. The first-order valence-corrected chi connectivity index (χ1v) is 12.1. The van der Waals surface area contributed by atoms with Crippen molar-refractivity contribution in [2.75, 3.05) is 50.9 Å². The summed E-state index contributed by atoms with van der Waals surface area (Å²) in [6, 6.07) is 11.6. The van der Waals surface area contributed by atoms with Crippen molar-refractivity contribution in [2.45, 2.75) is 20.3 Å². The van der Waals surface area contributed by atoms with Crippen molar-refractivity contribution >= 4 is 56.6 Å². The summed E-state index contributed by atoms with van der Waals surface area (Å²) in [6.45, 7) is 8.81. The fourth-order valence-electron chi connectivity index (χ4n) is 3.74. The van der Waals surface area contributed by atoms with Crippen LogP contribution in [-0.2, 0) is 9.53 Å². The van der Waals surface area contributed by atoms with Gasteiger partial charge >= 0.3 is 0 Å². The molecule has 1 amide bonds. The van der Waals surface area contributed by atoms with E-state index in [-0.39, 0.29) is 24.9 Å². The fourth-order valence-corrected chi connectivity index (χ4v) is 4.97. The molecular formula is C24H29Cl2N3O3S. The number of aryl methyl sites for hydroxylation is 2. The van der Waals surface area contributed by atoms with Crippen molar-refractivity contribution < 1.29 is 14.3 Å². The number of ether oxygens (including phenoxy) is 2. The predicted molar refractivity (Wildman–Crippen MR) is 138 cm³/mol. The number of thiazole rings is 1. The Morgan fingerprint density at radius 2 is 1.97 bits per heavy atom. The van der Waals surface area contributed by atoms with Gasteiger partial charge in [-0.15, -0.1) is 12.4 Å². The van der Waals surface area contributed by atoms with Crippen LogP contribution >= 0.6 is 35.3 Å². The number of halogens is 2. The molecule has 3 aromatic rings. The van der Waals surface area contributed by atoms with E-state index in [1.54, 1.807) is 4.90 Å². The Kier molecular flexibility index (Phi) is 9.35. The number of aromatic nitrogens is 1. The average molecular weight is 510 g/mol. The van der Waals surface area contributed by atoms with Crippen LogP contribution in [0, 0.1) is 13.8 Å². The first-order valence-electron chi connectivity index (χ1n) is 10.9. The molecule has 0 bridgehead atoms. The number of rotatable bonds is 8. The number of carbonyl (C=O) groups excluding carboxylic acids is 1. The summed E-state index contributed by atoms with van der Waals surface area (Å²) in [6.07, 6.45) is 0.853.